The van der Waals surface area contributed by atoms with E-state index < -0.39 is 0 Å². The Bertz CT molecular complexity index is 191. The van der Waals surface area contributed by atoms with Crippen molar-refractivity contribution in [1.82, 2.24) is 10.2 Å². The average molecular weight is 256 g/mol. The van der Waals surface area contributed by atoms with Crippen molar-refractivity contribution in [3.63, 3.8) is 0 Å². The van der Waals surface area contributed by atoms with Crippen LogP contribution in [0, 0.1) is 0 Å². The first-order valence-corrected chi connectivity index (χ1v) is 7.86. The average Bonchev–Trinajstić information content (AvgIpc) is 2.42. The molecule has 0 aromatic rings. The fourth-order valence-electron chi connectivity index (χ4n) is 2.92. The molecule has 0 unspecified atom stereocenters. The first-order valence-electron chi connectivity index (χ1n) is 7.86. The molecule has 108 valence electrons. The molecule has 0 aromatic heterocycles. The molecule has 0 aliphatic heterocycles. The summed E-state index contributed by atoms with van der Waals surface area (Å²) in [5.74, 6) is 0. The van der Waals surface area contributed by atoms with Gasteiger partial charge in [-0.1, -0.05) is 13.8 Å². The Morgan fingerprint density at radius 2 is 1.83 bits per heavy atom. The molecule has 1 aliphatic carbocycles. The Kier molecular flexibility index (Phi) is 8.64. The molecule has 1 fully saturated rings. The van der Waals surface area contributed by atoms with Crippen LogP contribution in [0.4, 0.5) is 0 Å². The molecule has 1 N–H and O–H groups in total. The number of hydrogen-bond acceptors (Lipinski definition) is 3. The van der Waals surface area contributed by atoms with Gasteiger partial charge in [-0.25, -0.2) is 0 Å². The normalized spacial score (nSPS) is 24.7. The second-order valence-corrected chi connectivity index (χ2v) is 5.29. The van der Waals surface area contributed by atoms with Crippen molar-refractivity contribution in [2.75, 3.05) is 32.8 Å². The van der Waals surface area contributed by atoms with Crippen LogP contribution in [0.5, 0.6) is 0 Å². The summed E-state index contributed by atoms with van der Waals surface area (Å²) in [6, 6.07) is 1.56. The number of likely N-dealkylation sites (N-methyl/N-ethyl adjacent to an activating group) is 1. The first kappa shape index (κ1) is 15.9. The first-order chi connectivity index (χ1) is 8.81. The van der Waals surface area contributed by atoms with E-state index in [0.717, 1.165) is 38.4 Å². The molecule has 0 atom stereocenters. The lowest BCUT2D eigenvalue weighted by molar-refractivity contribution is 0.0819. The monoisotopic (exact) mass is 256 g/mol. The second kappa shape index (κ2) is 9.76. The molecule has 0 radical (unpaired) electrons. The molecule has 0 amide bonds. The highest BCUT2D eigenvalue weighted by Gasteiger charge is 2.24. The molecule has 0 spiro atoms. The van der Waals surface area contributed by atoms with Gasteiger partial charge < -0.3 is 10.1 Å². The zero-order valence-electron chi connectivity index (χ0n) is 12.6. The van der Waals surface area contributed by atoms with Crippen molar-refractivity contribution >= 4 is 0 Å². The van der Waals surface area contributed by atoms with Gasteiger partial charge in [-0.15, -0.1) is 0 Å². The van der Waals surface area contributed by atoms with E-state index in [-0.39, 0.29) is 0 Å². The van der Waals surface area contributed by atoms with Gasteiger partial charge in [0, 0.05) is 25.2 Å². The molecule has 1 aliphatic rings. The lowest BCUT2D eigenvalue weighted by Crippen LogP contribution is -2.43. The number of ether oxygens (including phenoxy) is 1. The van der Waals surface area contributed by atoms with Crippen molar-refractivity contribution < 1.29 is 4.74 Å². The summed E-state index contributed by atoms with van der Waals surface area (Å²) in [4.78, 5) is 2.60. The Balaban J connectivity index is 2.22. The van der Waals surface area contributed by atoms with Crippen molar-refractivity contribution in [3.8, 4) is 0 Å². The Morgan fingerprint density at radius 3 is 2.39 bits per heavy atom. The van der Waals surface area contributed by atoms with E-state index in [0.29, 0.717) is 0 Å². The van der Waals surface area contributed by atoms with Crippen LogP contribution in [-0.4, -0.2) is 49.8 Å². The van der Waals surface area contributed by atoms with Crippen LogP contribution >= 0.6 is 0 Å². The van der Waals surface area contributed by atoms with Gasteiger partial charge in [-0.05, 0) is 52.1 Å². The number of nitrogens with zero attached hydrogens (tertiary/aromatic N) is 1. The predicted molar refractivity (Wildman–Crippen MR) is 78.1 cm³/mol. The fourth-order valence-corrected chi connectivity index (χ4v) is 2.92. The molecule has 18 heavy (non-hydrogen) atoms. The maximum atomic E-state index is 5.48. The van der Waals surface area contributed by atoms with Gasteiger partial charge >= 0.3 is 0 Å². The Hall–Kier alpha value is -0.120. The molecular weight excluding hydrogens is 224 g/mol. The standard InChI is InChI=1S/C15H32N2O/c1-4-11-16-14-7-9-15(10-8-14)17(5-2)12-13-18-6-3/h14-16H,4-13H2,1-3H3. The van der Waals surface area contributed by atoms with Gasteiger partial charge in [-0.3, -0.25) is 4.90 Å². The van der Waals surface area contributed by atoms with Crippen molar-refractivity contribution in [2.45, 2.75) is 65.0 Å². The quantitative estimate of drug-likeness (QED) is 0.642. The third kappa shape index (κ3) is 5.68. The van der Waals surface area contributed by atoms with Crippen molar-refractivity contribution in [1.29, 1.82) is 0 Å². The summed E-state index contributed by atoms with van der Waals surface area (Å²) in [5, 5.41) is 3.66. The highest BCUT2D eigenvalue weighted by molar-refractivity contribution is 4.82. The van der Waals surface area contributed by atoms with E-state index in [2.05, 4.69) is 31.0 Å². The molecule has 3 nitrogen and oxygen atoms in total. The lowest BCUT2D eigenvalue weighted by atomic mass is 9.90. The third-order valence-electron chi connectivity index (χ3n) is 4.03. The molecule has 0 bridgehead atoms. The van der Waals surface area contributed by atoms with Crippen LogP contribution in [0.15, 0.2) is 0 Å². The van der Waals surface area contributed by atoms with E-state index >= 15 is 0 Å². The minimum atomic E-state index is 0.770. The van der Waals surface area contributed by atoms with E-state index in [9.17, 15) is 0 Å². The zero-order valence-corrected chi connectivity index (χ0v) is 12.6. The summed E-state index contributed by atoms with van der Waals surface area (Å²) < 4.78 is 5.48. The summed E-state index contributed by atoms with van der Waals surface area (Å²) >= 11 is 0. The van der Waals surface area contributed by atoms with Crippen molar-refractivity contribution in [2.24, 2.45) is 0 Å². The molecular formula is C15H32N2O. The topological polar surface area (TPSA) is 24.5 Å². The van der Waals surface area contributed by atoms with Gasteiger partial charge in [0.25, 0.3) is 0 Å². The molecule has 3 heteroatoms. The van der Waals surface area contributed by atoms with Gasteiger partial charge in [0.2, 0.25) is 0 Å². The highest BCUT2D eigenvalue weighted by Crippen LogP contribution is 2.23. The molecule has 0 saturated heterocycles. The summed E-state index contributed by atoms with van der Waals surface area (Å²) in [6.07, 6.45) is 6.63. The van der Waals surface area contributed by atoms with E-state index in [1.165, 1.54) is 38.6 Å². The number of nitrogens with one attached hydrogen (secondary N) is 1. The van der Waals surface area contributed by atoms with Crippen molar-refractivity contribution in [3.05, 3.63) is 0 Å². The molecule has 1 rings (SSSR count). The van der Waals surface area contributed by atoms with Crippen LogP contribution in [0.3, 0.4) is 0 Å². The molecule has 0 heterocycles. The van der Waals surface area contributed by atoms with Gasteiger partial charge in [0.05, 0.1) is 6.61 Å². The largest absolute Gasteiger partial charge is 0.380 e. The number of rotatable bonds is 9. The van der Waals surface area contributed by atoms with Crippen LogP contribution in [0.25, 0.3) is 0 Å². The third-order valence-corrected chi connectivity index (χ3v) is 4.03. The van der Waals surface area contributed by atoms with E-state index in [1.807, 2.05) is 0 Å². The van der Waals surface area contributed by atoms with E-state index in [1.54, 1.807) is 0 Å². The Morgan fingerprint density at radius 1 is 1.11 bits per heavy atom. The highest BCUT2D eigenvalue weighted by atomic mass is 16.5. The van der Waals surface area contributed by atoms with E-state index in [4.69, 9.17) is 4.74 Å². The minimum absolute atomic E-state index is 0.770. The van der Waals surface area contributed by atoms with Crippen LogP contribution in [0.1, 0.15) is 52.9 Å². The molecule has 1 saturated carbocycles. The van der Waals surface area contributed by atoms with Gasteiger partial charge in [0.15, 0.2) is 0 Å². The Labute approximate surface area is 113 Å². The SMILES string of the molecule is CCCNC1CCC(N(CC)CCOCC)CC1. The second-order valence-electron chi connectivity index (χ2n) is 5.29. The van der Waals surface area contributed by atoms with Gasteiger partial charge in [-0.2, -0.15) is 0 Å². The fraction of sp³-hybridized carbons (Fsp3) is 1.00. The molecule has 0 aromatic carbocycles. The van der Waals surface area contributed by atoms with Gasteiger partial charge in [0.1, 0.15) is 0 Å². The minimum Gasteiger partial charge on any atom is -0.380 e. The summed E-state index contributed by atoms with van der Waals surface area (Å²) in [7, 11) is 0. The van der Waals surface area contributed by atoms with Crippen LogP contribution in [0.2, 0.25) is 0 Å². The van der Waals surface area contributed by atoms with Crippen LogP contribution < -0.4 is 5.32 Å². The lowest BCUT2D eigenvalue weighted by Gasteiger charge is -2.36. The predicted octanol–water partition coefficient (Wildman–Crippen LogP) is 2.66. The van der Waals surface area contributed by atoms with Crippen LogP contribution in [-0.2, 0) is 4.74 Å². The zero-order chi connectivity index (χ0) is 13.2. The maximum Gasteiger partial charge on any atom is 0.0593 e. The number of hydrogen-bond donors (Lipinski definition) is 1. The maximum absolute atomic E-state index is 5.48. The summed E-state index contributed by atoms with van der Waals surface area (Å²) in [5.41, 5.74) is 0. The summed E-state index contributed by atoms with van der Waals surface area (Å²) in [6.45, 7) is 11.7. The smallest absolute Gasteiger partial charge is 0.0593 e.